The summed E-state index contributed by atoms with van der Waals surface area (Å²) in [5.74, 6) is 3.06. The fraction of sp³-hybridized carbons (Fsp3) is 0.818. The lowest BCUT2D eigenvalue weighted by Crippen LogP contribution is -2.57. The molecule has 1 unspecified atom stereocenters. The van der Waals surface area contributed by atoms with Crippen molar-refractivity contribution in [1.82, 2.24) is 34.8 Å². The lowest BCUT2D eigenvalue weighted by Gasteiger charge is -2.40. The van der Waals surface area contributed by atoms with Gasteiger partial charge in [0.25, 0.3) is 0 Å². The van der Waals surface area contributed by atoms with Gasteiger partial charge >= 0.3 is 0 Å². The number of aryl methyl sites for hydroxylation is 1. The lowest BCUT2D eigenvalue weighted by atomic mass is 10.2. The number of likely N-dealkylation sites (tertiary alicyclic amines) is 1. The molecule has 0 spiro atoms. The number of aromatic nitrogens is 3. The zero-order valence-corrected chi connectivity index (χ0v) is 22.1. The number of hydrogen-bond donors (Lipinski definition) is 1. The molecule has 3 aliphatic rings. The standard InChI is InChI=1S/C22H38N8O.HI/c1-17(21(31)29-10-6-7-11-29)28-12-14-30(15-13-28)22(24-19-8-4-5-9-19)23-16-20-26-25-18(2)27(20)3;/h17,19H,4-16H2,1-3H3,(H,23,24);1H. The number of guanidine groups is 1. The van der Waals surface area contributed by atoms with E-state index in [1.165, 1.54) is 25.7 Å². The maximum absolute atomic E-state index is 12.8. The van der Waals surface area contributed by atoms with Crippen LogP contribution in [0.4, 0.5) is 0 Å². The number of carbonyl (C=O) groups is 1. The molecule has 1 aromatic heterocycles. The highest BCUT2D eigenvalue weighted by Crippen LogP contribution is 2.19. The van der Waals surface area contributed by atoms with Gasteiger partial charge in [0.2, 0.25) is 5.91 Å². The summed E-state index contributed by atoms with van der Waals surface area (Å²) in [5, 5.41) is 12.1. The minimum Gasteiger partial charge on any atom is -0.353 e. The van der Waals surface area contributed by atoms with Gasteiger partial charge in [-0.3, -0.25) is 9.69 Å². The highest BCUT2D eigenvalue weighted by Gasteiger charge is 2.31. The highest BCUT2D eigenvalue weighted by atomic mass is 127. The van der Waals surface area contributed by atoms with Gasteiger partial charge in [0.05, 0.1) is 6.04 Å². The molecule has 32 heavy (non-hydrogen) atoms. The fourth-order valence-corrected chi connectivity index (χ4v) is 4.90. The fourth-order valence-electron chi connectivity index (χ4n) is 4.90. The van der Waals surface area contributed by atoms with Crippen LogP contribution in [0.5, 0.6) is 0 Å². The van der Waals surface area contributed by atoms with Crippen LogP contribution in [0.2, 0.25) is 0 Å². The first-order chi connectivity index (χ1) is 15.0. The van der Waals surface area contributed by atoms with Gasteiger partial charge in [0.15, 0.2) is 11.8 Å². The number of amides is 1. The second-order valence-corrected chi connectivity index (χ2v) is 9.22. The number of nitrogens with zero attached hydrogens (tertiary/aromatic N) is 7. The van der Waals surface area contributed by atoms with E-state index in [2.05, 4.69) is 32.2 Å². The molecule has 1 aromatic rings. The van der Waals surface area contributed by atoms with Gasteiger partial charge < -0.3 is 19.7 Å². The molecule has 9 nitrogen and oxygen atoms in total. The van der Waals surface area contributed by atoms with Crippen LogP contribution in [0.15, 0.2) is 4.99 Å². The van der Waals surface area contributed by atoms with E-state index in [0.29, 0.717) is 18.5 Å². The minimum absolute atomic E-state index is 0. The van der Waals surface area contributed by atoms with Crippen LogP contribution in [0.1, 0.15) is 57.1 Å². The summed E-state index contributed by atoms with van der Waals surface area (Å²) < 4.78 is 2.00. The molecule has 1 N–H and O–H groups in total. The number of hydrogen-bond acceptors (Lipinski definition) is 5. The summed E-state index contributed by atoms with van der Waals surface area (Å²) in [5.41, 5.74) is 0. The van der Waals surface area contributed by atoms with Gasteiger partial charge in [-0.2, -0.15) is 0 Å². The molecule has 4 rings (SSSR count). The van der Waals surface area contributed by atoms with E-state index in [1.54, 1.807) is 0 Å². The minimum atomic E-state index is -0.0370. The maximum Gasteiger partial charge on any atom is 0.239 e. The Hall–Kier alpha value is -1.43. The summed E-state index contributed by atoms with van der Waals surface area (Å²) in [6, 6.07) is 0.471. The average molecular weight is 559 g/mol. The SMILES string of the molecule is Cc1nnc(CN=C(NC2CCCC2)N2CCN(C(C)C(=O)N3CCCC3)CC2)n1C.I. The van der Waals surface area contributed by atoms with E-state index in [0.717, 1.165) is 69.7 Å². The summed E-state index contributed by atoms with van der Waals surface area (Å²) in [6.45, 7) is 9.93. The van der Waals surface area contributed by atoms with Gasteiger partial charge in [-0.25, -0.2) is 4.99 Å². The van der Waals surface area contributed by atoms with Crippen LogP contribution >= 0.6 is 24.0 Å². The number of rotatable bonds is 5. The van der Waals surface area contributed by atoms with Gasteiger partial charge in [-0.15, -0.1) is 34.2 Å². The van der Waals surface area contributed by atoms with Crippen molar-refractivity contribution in [2.45, 2.75) is 71.0 Å². The molecule has 0 bridgehead atoms. The first kappa shape index (κ1) is 25.2. The van der Waals surface area contributed by atoms with Crippen molar-refractivity contribution in [3.8, 4) is 0 Å². The molecule has 0 radical (unpaired) electrons. The summed E-state index contributed by atoms with van der Waals surface area (Å²) in [4.78, 5) is 24.5. The van der Waals surface area contributed by atoms with Crippen LogP contribution in [0, 0.1) is 6.92 Å². The van der Waals surface area contributed by atoms with E-state index in [4.69, 9.17) is 4.99 Å². The Kier molecular flexibility index (Phi) is 9.15. The van der Waals surface area contributed by atoms with E-state index >= 15 is 0 Å². The van der Waals surface area contributed by atoms with Gasteiger partial charge in [0, 0.05) is 52.4 Å². The van der Waals surface area contributed by atoms with Crippen molar-refractivity contribution in [2.75, 3.05) is 39.3 Å². The van der Waals surface area contributed by atoms with Crippen molar-refractivity contribution in [1.29, 1.82) is 0 Å². The first-order valence-electron chi connectivity index (χ1n) is 12.0. The molecular weight excluding hydrogens is 519 g/mol. The lowest BCUT2D eigenvalue weighted by molar-refractivity contribution is -0.135. The zero-order chi connectivity index (χ0) is 21.8. The normalized spacial score (nSPS) is 21.7. The molecule has 1 amide bonds. The number of piperazine rings is 1. The second-order valence-electron chi connectivity index (χ2n) is 9.22. The topological polar surface area (TPSA) is 81.9 Å². The monoisotopic (exact) mass is 558 g/mol. The van der Waals surface area contributed by atoms with E-state index in [9.17, 15) is 4.79 Å². The zero-order valence-electron chi connectivity index (χ0n) is 19.8. The quantitative estimate of drug-likeness (QED) is 0.337. The van der Waals surface area contributed by atoms with Crippen molar-refractivity contribution >= 4 is 35.8 Å². The van der Waals surface area contributed by atoms with Crippen molar-refractivity contribution < 1.29 is 4.79 Å². The predicted molar refractivity (Wildman–Crippen MR) is 136 cm³/mol. The van der Waals surface area contributed by atoms with E-state index in [1.807, 2.05) is 23.4 Å². The third-order valence-electron chi connectivity index (χ3n) is 7.18. The second kappa shape index (κ2) is 11.6. The largest absolute Gasteiger partial charge is 0.353 e. The Bertz CT molecular complexity index is 777. The first-order valence-corrected chi connectivity index (χ1v) is 12.0. The van der Waals surface area contributed by atoms with Crippen LogP contribution in [0.25, 0.3) is 0 Å². The number of carbonyl (C=O) groups excluding carboxylic acids is 1. The Morgan fingerprint density at radius 3 is 2.28 bits per heavy atom. The smallest absolute Gasteiger partial charge is 0.239 e. The average Bonchev–Trinajstić information content (AvgIpc) is 3.55. The van der Waals surface area contributed by atoms with E-state index in [-0.39, 0.29) is 30.0 Å². The van der Waals surface area contributed by atoms with Gasteiger partial charge in [-0.1, -0.05) is 12.8 Å². The molecule has 3 fully saturated rings. The Balaban J connectivity index is 0.00000289. The summed E-state index contributed by atoms with van der Waals surface area (Å²) in [7, 11) is 1.99. The number of nitrogens with one attached hydrogen (secondary N) is 1. The van der Waals surface area contributed by atoms with Gasteiger partial charge in [0.1, 0.15) is 12.4 Å². The molecule has 0 aromatic carbocycles. The molecule has 1 aliphatic carbocycles. The third-order valence-corrected chi connectivity index (χ3v) is 7.18. The van der Waals surface area contributed by atoms with Crippen LogP contribution in [0.3, 0.4) is 0 Å². The van der Waals surface area contributed by atoms with Crippen LogP contribution in [-0.4, -0.2) is 92.7 Å². The molecule has 3 heterocycles. The molecule has 2 aliphatic heterocycles. The number of aliphatic imine (C=N–C) groups is 1. The van der Waals surface area contributed by atoms with Crippen molar-refractivity contribution in [2.24, 2.45) is 12.0 Å². The Morgan fingerprint density at radius 2 is 1.69 bits per heavy atom. The molecule has 10 heteroatoms. The summed E-state index contributed by atoms with van der Waals surface area (Å²) in [6.07, 6.45) is 7.29. The van der Waals surface area contributed by atoms with Crippen molar-refractivity contribution in [3.05, 3.63) is 11.6 Å². The Morgan fingerprint density at radius 1 is 1.03 bits per heavy atom. The number of halogens is 1. The van der Waals surface area contributed by atoms with Gasteiger partial charge in [-0.05, 0) is 39.5 Å². The predicted octanol–water partition coefficient (Wildman–Crippen LogP) is 1.76. The molecular formula is C22H39IN8O. The van der Waals surface area contributed by atoms with Crippen molar-refractivity contribution in [3.63, 3.8) is 0 Å². The van der Waals surface area contributed by atoms with Crippen LogP contribution < -0.4 is 5.32 Å². The highest BCUT2D eigenvalue weighted by molar-refractivity contribution is 14.0. The molecule has 2 saturated heterocycles. The Labute approximate surface area is 209 Å². The summed E-state index contributed by atoms with van der Waals surface area (Å²) >= 11 is 0. The molecule has 1 atom stereocenters. The third kappa shape index (κ3) is 5.92. The maximum atomic E-state index is 12.8. The van der Waals surface area contributed by atoms with Crippen LogP contribution in [-0.2, 0) is 18.4 Å². The molecule has 1 saturated carbocycles. The van der Waals surface area contributed by atoms with E-state index < -0.39 is 0 Å². The molecule has 180 valence electrons.